The van der Waals surface area contributed by atoms with Crippen molar-refractivity contribution in [2.45, 2.75) is 32.7 Å². The minimum Gasteiger partial charge on any atom is -0.494 e. The molecule has 182 valence electrons. The number of rotatable bonds is 10. The number of aromatic hydroxyl groups is 1. The van der Waals surface area contributed by atoms with Gasteiger partial charge in [-0.15, -0.1) is 0 Å². The average molecular weight is 512 g/mol. The van der Waals surface area contributed by atoms with Gasteiger partial charge in [0.05, 0.1) is 10.5 Å². The summed E-state index contributed by atoms with van der Waals surface area (Å²) in [6.45, 7) is 2.18. The predicted octanol–water partition coefficient (Wildman–Crippen LogP) is 3.63. The molecule has 8 nitrogen and oxygen atoms in total. The number of amides is 1. The van der Waals surface area contributed by atoms with E-state index in [0.29, 0.717) is 28.7 Å². The summed E-state index contributed by atoms with van der Waals surface area (Å²) in [6.07, 6.45) is 2.51. The third-order valence-electron chi connectivity index (χ3n) is 5.57. The highest BCUT2D eigenvalue weighted by Gasteiger charge is 2.32. The third-order valence-corrected chi connectivity index (χ3v) is 6.94. The van der Waals surface area contributed by atoms with Crippen molar-refractivity contribution in [1.82, 2.24) is 9.47 Å². The van der Waals surface area contributed by atoms with Gasteiger partial charge in [-0.3, -0.25) is 23.9 Å². The Labute approximate surface area is 212 Å². The lowest BCUT2D eigenvalue weighted by Gasteiger charge is -2.16. The van der Waals surface area contributed by atoms with Crippen molar-refractivity contribution in [3.05, 3.63) is 67.8 Å². The molecule has 0 atom stereocenters. The first-order valence-corrected chi connectivity index (χ1v) is 12.2. The lowest BCUT2D eigenvalue weighted by molar-refractivity contribution is -0.122. The fourth-order valence-electron chi connectivity index (χ4n) is 3.78. The van der Waals surface area contributed by atoms with Crippen molar-refractivity contribution in [3.8, 4) is 11.9 Å². The molecule has 1 amide bonds. The lowest BCUT2D eigenvalue weighted by atomic mass is 9.99. The number of hydrogen-bond donors (Lipinski definition) is 1. The minimum absolute atomic E-state index is 0.00430. The van der Waals surface area contributed by atoms with Gasteiger partial charge in [0.2, 0.25) is 5.88 Å². The first-order chi connectivity index (χ1) is 16.8. The van der Waals surface area contributed by atoms with Crippen LogP contribution in [0.15, 0.2) is 40.0 Å². The van der Waals surface area contributed by atoms with Crippen LogP contribution in [0.3, 0.4) is 0 Å². The van der Waals surface area contributed by atoms with Gasteiger partial charge in [0.25, 0.3) is 11.5 Å². The Hall–Kier alpha value is -3.26. The largest absolute Gasteiger partial charge is 0.494 e. The number of aromatic nitrogens is 1. The van der Waals surface area contributed by atoms with Gasteiger partial charge >= 0.3 is 0 Å². The number of ketones is 1. The van der Waals surface area contributed by atoms with Crippen LogP contribution >= 0.6 is 24.0 Å². The van der Waals surface area contributed by atoms with Crippen LogP contribution in [0, 0.1) is 18.3 Å². The molecule has 1 aliphatic rings. The van der Waals surface area contributed by atoms with E-state index in [0.717, 1.165) is 10.1 Å². The number of carbonyl (C=O) groups excluding carboxylic acids is 2. The Kier molecular flexibility index (Phi) is 8.98. The number of carbonyl (C=O) groups is 2. The molecular weight excluding hydrogens is 486 g/mol. The van der Waals surface area contributed by atoms with Gasteiger partial charge < -0.3 is 9.84 Å². The first-order valence-electron chi connectivity index (χ1n) is 11.0. The van der Waals surface area contributed by atoms with Gasteiger partial charge in [-0.2, -0.15) is 5.26 Å². The van der Waals surface area contributed by atoms with Gasteiger partial charge in [-0.05, 0) is 37.0 Å². The topological polar surface area (TPSA) is 113 Å². The summed E-state index contributed by atoms with van der Waals surface area (Å²) < 4.78 is 6.44. The monoisotopic (exact) mass is 511 g/mol. The normalized spacial score (nSPS) is 14.5. The molecule has 3 rings (SSSR count). The number of methoxy groups -OCH3 is 1. The molecule has 1 aromatic carbocycles. The quantitative estimate of drug-likeness (QED) is 0.223. The SMILES string of the molecule is COCCCn1c(O)c(C(=O)CCCN2C(=O)/C(=C/c3ccccc3)SC2=S)c(C)c(C#N)c1=O. The zero-order valence-electron chi connectivity index (χ0n) is 19.4. The zero-order valence-corrected chi connectivity index (χ0v) is 21.1. The van der Waals surface area contributed by atoms with Crippen molar-refractivity contribution in [2.24, 2.45) is 0 Å². The minimum atomic E-state index is -0.641. The van der Waals surface area contributed by atoms with Crippen LogP contribution in [0.4, 0.5) is 0 Å². The Morgan fingerprint density at radius 2 is 1.94 bits per heavy atom. The van der Waals surface area contributed by atoms with Crippen molar-refractivity contribution < 1.29 is 19.4 Å². The molecule has 0 unspecified atom stereocenters. The molecule has 1 aromatic heterocycles. The van der Waals surface area contributed by atoms with Gasteiger partial charge in [0.15, 0.2) is 5.78 Å². The second kappa shape index (κ2) is 11.9. The summed E-state index contributed by atoms with van der Waals surface area (Å²) in [6, 6.07) is 11.3. The van der Waals surface area contributed by atoms with E-state index in [2.05, 4.69) is 0 Å². The molecule has 1 saturated heterocycles. The average Bonchev–Trinajstić information content (AvgIpc) is 3.09. The van der Waals surface area contributed by atoms with Gasteiger partial charge in [0, 0.05) is 33.2 Å². The van der Waals surface area contributed by atoms with Crippen LogP contribution in [-0.4, -0.2) is 50.8 Å². The second-order valence-electron chi connectivity index (χ2n) is 7.88. The van der Waals surface area contributed by atoms with E-state index in [1.165, 1.54) is 30.7 Å². The number of hydrogen-bond acceptors (Lipinski definition) is 8. The van der Waals surface area contributed by atoms with Crippen LogP contribution in [0.5, 0.6) is 5.88 Å². The standard InChI is InChI=1S/C25H25N3O5S2/c1-16-18(15-26)22(30)27(12-7-13-33-2)24(32)21(16)19(29)10-6-11-28-23(31)20(35-25(28)34)14-17-8-4-3-5-9-17/h3-5,8-9,14,32H,6-7,10-13H2,1-2H3/b20-14-. The number of Topliss-reactive ketones (excluding diaryl/α,β-unsaturated/α-hetero) is 1. The van der Waals surface area contributed by atoms with Gasteiger partial charge in [-0.25, -0.2) is 0 Å². The number of ether oxygens (including phenoxy) is 1. The Morgan fingerprint density at radius 3 is 2.60 bits per heavy atom. The molecule has 0 aliphatic carbocycles. The molecule has 0 spiro atoms. The van der Waals surface area contributed by atoms with E-state index in [1.54, 1.807) is 6.08 Å². The molecule has 2 heterocycles. The smallest absolute Gasteiger partial charge is 0.271 e. The maximum absolute atomic E-state index is 13.0. The zero-order chi connectivity index (χ0) is 25.5. The highest BCUT2D eigenvalue weighted by Crippen LogP contribution is 2.33. The number of thiocarbonyl (C=S) groups is 1. The number of nitriles is 1. The highest BCUT2D eigenvalue weighted by molar-refractivity contribution is 8.26. The Bertz CT molecular complexity index is 1280. The van der Waals surface area contributed by atoms with E-state index in [4.69, 9.17) is 17.0 Å². The molecule has 0 radical (unpaired) electrons. The summed E-state index contributed by atoms with van der Waals surface area (Å²) in [4.78, 5) is 40.4. The molecule has 1 fully saturated rings. The fraction of sp³-hybridized carbons (Fsp3) is 0.320. The first kappa shape index (κ1) is 26.3. The van der Waals surface area contributed by atoms with Gasteiger partial charge in [-0.1, -0.05) is 54.3 Å². The molecule has 2 aromatic rings. The van der Waals surface area contributed by atoms with E-state index in [-0.39, 0.29) is 42.1 Å². The third kappa shape index (κ3) is 5.88. The molecule has 0 saturated carbocycles. The van der Waals surface area contributed by atoms with E-state index in [1.807, 2.05) is 36.4 Å². The van der Waals surface area contributed by atoms with Crippen molar-refractivity contribution in [3.63, 3.8) is 0 Å². The lowest BCUT2D eigenvalue weighted by Crippen LogP contribution is -2.30. The summed E-state index contributed by atoms with van der Waals surface area (Å²) in [5, 5.41) is 20.2. The van der Waals surface area contributed by atoms with Crippen LogP contribution in [0.2, 0.25) is 0 Å². The molecule has 10 heteroatoms. The highest BCUT2D eigenvalue weighted by atomic mass is 32.2. The number of thioether (sulfide) groups is 1. The molecular formula is C25H25N3O5S2. The van der Waals surface area contributed by atoms with Crippen LogP contribution < -0.4 is 5.56 Å². The van der Waals surface area contributed by atoms with Crippen LogP contribution in [0.25, 0.3) is 6.08 Å². The fourth-order valence-corrected chi connectivity index (χ4v) is 5.08. The molecule has 1 aliphatic heterocycles. The van der Waals surface area contributed by atoms with E-state index >= 15 is 0 Å². The van der Waals surface area contributed by atoms with Crippen molar-refractivity contribution in [2.75, 3.05) is 20.3 Å². The second-order valence-corrected chi connectivity index (χ2v) is 9.56. The van der Waals surface area contributed by atoms with Crippen LogP contribution in [-0.2, 0) is 16.1 Å². The van der Waals surface area contributed by atoms with Crippen molar-refractivity contribution in [1.29, 1.82) is 5.26 Å². The van der Waals surface area contributed by atoms with Gasteiger partial charge in [0.1, 0.15) is 16.0 Å². The van der Waals surface area contributed by atoms with Crippen molar-refractivity contribution >= 4 is 46.1 Å². The molecule has 0 bridgehead atoms. The van der Waals surface area contributed by atoms with E-state index < -0.39 is 17.2 Å². The Balaban J connectivity index is 1.73. The number of benzene rings is 1. The summed E-state index contributed by atoms with van der Waals surface area (Å²) in [5.74, 6) is -1.08. The maximum Gasteiger partial charge on any atom is 0.271 e. The summed E-state index contributed by atoms with van der Waals surface area (Å²) >= 11 is 6.57. The van der Waals surface area contributed by atoms with E-state index in [9.17, 15) is 24.8 Å². The predicted molar refractivity (Wildman–Crippen MR) is 138 cm³/mol. The molecule has 1 N–H and O–H groups in total. The number of pyridine rings is 1. The Morgan fingerprint density at radius 1 is 1.23 bits per heavy atom. The van der Waals surface area contributed by atoms with Crippen LogP contribution in [0.1, 0.15) is 46.3 Å². The molecule has 35 heavy (non-hydrogen) atoms. The number of nitrogens with zero attached hydrogens (tertiary/aromatic N) is 3. The summed E-state index contributed by atoms with van der Waals surface area (Å²) in [5.41, 5.74) is 0.180. The maximum atomic E-state index is 13.0. The summed E-state index contributed by atoms with van der Waals surface area (Å²) in [7, 11) is 1.52.